The lowest BCUT2D eigenvalue weighted by Crippen LogP contribution is -2.31. The Morgan fingerprint density at radius 3 is 2.47 bits per heavy atom. The average Bonchev–Trinajstić information content (AvgIpc) is 2.83. The van der Waals surface area contributed by atoms with E-state index in [4.69, 9.17) is 9.72 Å². The number of para-hydroxylation sites is 2. The lowest BCUT2D eigenvalue weighted by Gasteiger charge is -2.17. The molecule has 1 N–H and O–H groups in total. The van der Waals surface area contributed by atoms with Crippen LogP contribution in [0.4, 0.5) is 0 Å². The van der Waals surface area contributed by atoms with Crippen molar-refractivity contribution in [2.45, 2.75) is 39.7 Å². The zero-order valence-corrected chi connectivity index (χ0v) is 18.7. The van der Waals surface area contributed by atoms with Gasteiger partial charge in [0.1, 0.15) is 5.75 Å². The molecule has 0 saturated carbocycles. The van der Waals surface area contributed by atoms with Gasteiger partial charge >= 0.3 is 0 Å². The van der Waals surface area contributed by atoms with E-state index in [1.165, 1.54) is 18.4 Å². The first kappa shape index (κ1) is 21.6. The van der Waals surface area contributed by atoms with Gasteiger partial charge in [0.25, 0.3) is 5.56 Å². The number of nitrogens with zero attached hydrogens (tertiary/aromatic N) is 2. The third-order valence-corrected chi connectivity index (χ3v) is 5.51. The predicted octanol–water partition coefficient (Wildman–Crippen LogP) is 5.55. The van der Waals surface area contributed by atoms with Gasteiger partial charge in [-0.25, -0.2) is 9.66 Å². The minimum absolute atomic E-state index is 0.116. The fourth-order valence-corrected chi connectivity index (χ4v) is 3.78. The molecule has 1 heterocycles. The number of aromatic nitrogens is 2. The monoisotopic (exact) mass is 427 g/mol. The average molecular weight is 428 g/mol. The molecule has 4 aromatic rings. The first-order valence-corrected chi connectivity index (χ1v) is 11.3. The first-order chi connectivity index (χ1) is 15.7. The quantitative estimate of drug-likeness (QED) is 0.381. The summed E-state index contributed by atoms with van der Waals surface area (Å²) in [5.74, 6) is 1.41. The van der Waals surface area contributed by atoms with Crippen LogP contribution in [0.1, 0.15) is 37.8 Å². The Balaban J connectivity index is 1.74. The van der Waals surface area contributed by atoms with Gasteiger partial charge in [-0.3, -0.25) is 4.79 Å². The van der Waals surface area contributed by atoms with Gasteiger partial charge in [0.2, 0.25) is 0 Å². The molecule has 0 aliphatic carbocycles. The van der Waals surface area contributed by atoms with Gasteiger partial charge in [-0.2, -0.15) is 0 Å². The molecule has 32 heavy (non-hydrogen) atoms. The topological polar surface area (TPSA) is 56.2 Å². The van der Waals surface area contributed by atoms with Crippen molar-refractivity contribution in [1.82, 2.24) is 9.66 Å². The molecule has 0 radical (unpaired) electrons. The summed E-state index contributed by atoms with van der Waals surface area (Å²) in [5.41, 5.74) is 7.05. The van der Waals surface area contributed by atoms with E-state index in [0.29, 0.717) is 29.9 Å². The Kier molecular flexibility index (Phi) is 6.85. The lowest BCUT2D eigenvalue weighted by atomic mass is 10.1. The number of ether oxygens (including phenoxy) is 1. The highest BCUT2D eigenvalue weighted by Gasteiger charge is 2.13. The van der Waals surface area contributed by atoms with Gasteiger partial charge in [0.15, 0.2) is 5.82 Å². The van der Waals surface area contributed by atoms with Crippen LogP contribution < -0.4 is 15.7 Å². The van der Waals surface area contributed by atoms with Crippen molar-refractivity contribution in [2.75, 3.05) is 12.0 Å². The Morgan fingerprint density at radius 1 is 0.938 bits per heavy atom. The van der Waals surface area contributed by atoms with E-state index < -0.39 is 0 Å². The zero-order valence-electron chi connectivity index (χ0n) is 18.7. The number of hydrogen-bond acceptors (Lipinski definition) is 4. The van der Waals surface area contributed by atoms with Crippen molar-refractivity contribution in [1.29, 1.82) is 0 Å². The summed E-state index contributed by atoms with van der Waals surface area (Å²) in [6.07, 6.45) is 3.39. The number of nitrogens with one attached hydrogen (secondary N) is 1. The Labute approximate surface area is 188 Å². The zero-order chi connectivity index (χ0) is 22.3. The second-order valence-corrected chi connectivity index (χ2v) is 7.77. The number of rotatable bonds is 9. The molecular formula is C27H29N3O2. The molecule has 0 aliphatic rings. The molecule has 3 aromatic carbocycles. The van der Waals surface area contributed by atoms with Crippen LogP contribution in [-0.4, -0.2) is 16.3 Å². The normalized spacial score (nSPS) is 10.9. The highest BCUT2D eigenvalue weighted by Crippen LogP contribution is 2.21. The number of fused-ring (bicyclic) bond motifs is 1. The summed E-state index contributed by atoms with van der Waals surface area (Å²) in [4.78, 5) is 18.2. The molecule has 1 aromatic heterocycles. The second kappa shape index (κ2) is 10.1. The van der Waals surface area contributed by atoms with Crippen LogP contribution in [0.2, 0.25) is 0 Å². The number of aryl methyl sites for hydroxylation is 1. The summed E-state index contributed by atoms with van der Waals surface area (Å²) >= 11 is 0. The SMILES string of the molecule is CCCCc1ccc(-c2nc3ccccc3c(=O)n2NCc2ccccc2OCC)cc1. The van der Waals surface area contributed by atoms with E-state index in [1.54, 1.807) is 4.68 Å². The van der Waals surface area contributed by atoms with Crippen molar-refractivity contribution in [3.8, 4) is 17.1 Å². The smallest absolute Gasteiger partial charge is 0.280 e. The van der Waals surface area contributed by atoms with Crippen LogP contribution in [-0.2, 0) is 13.0 Å². The standard InChI is InChI=1S/C27H29N3O2/c1-3-5-10-20-15-17-21(18-16-20)26-29-24-13-8-7-12-23(24)27(31)30(26)28-19-22-11-6-9-14-25(22)32-4-2/h6-9,11-18,28H,3-5,10,19H2,1-2H3. The maximum absolute atomic E-state index is 13.4. The third-order valence-electron chi connectivity index (χ3n) is 5.51. The molecule has 0 unspecified atom stereocenters. The highest BCUT2D eigenvalue weighted by atomic mass is 16.5. The summed E-state index contributed by atoms with van der Waals surface area (Å²) in [6, 6.07) is 23.7. The molecule has 0 spiro atoms. The molecule has 164 valence electrons. The molecule has 4 rings (SSSR count). The molecule has 0 saturated heterocycles. The number of benzene rings is 3. The minimum atomic E-state index is -0.116. The fraction of sp³-hybridized carbons (Fsp3) is 0.259. The van der Waals surface area contributed by atoms with Crippen LogP contribution in [0, 0.1) is 0 Å². The van der Waals surface area contributed by atoms with Crippen molar-refractivity contribution < 1.29 is 4.74 Å². The summed E-state index contributed by atoms with van der Waals surface area (Å²) in [7, 11) is 0. The van der Waals surface area contributed by atoms with E-state index in [9.17, 15) is 4.79 Å². The summed E-state index contributed by atoms with van der Waals surface area (Å²) in [5, 5.41) is 0.585. The minimum Gasteiger partial charge on any atom is -0.494 e. The number of hydrogen-bond donors (Lipinski definition) is 1. The van der Waals surface area contributed by atoms with Crippen molar-refractivity contribution in [3.63, 3.8) is 0 Å². The van der Waals surface area contributed by atoms with Crippen LogP contribution >= 0.6 is 0 Å². The van der Waals surface area contributed by atoms with Gasteiger partial charge in [0, 0.05) is 11.1 Å². The Bertz CT molecular complexity index is 1250. The summed E-state index contributed by atoms with van der Waals surface area (Å²) in [6.45, 7) is 5.19. The van der Waals surface area contributed by atoms with E-state index in [-0.39, 0.29) is 5.56 Å². The van der Waals surface area contributed by atoms with Gasteiger partial charge in [-0.1, -0.05) is 67.9 Å². The van der Waals surface area contributed by atoms with Crippen molar-refractivity contribution in [3.05, 3.63) is 94.3 Å². The third kappa shape index (κ3) is 4.67. The van der Waals surface area contributed by atoms with Gasteiger partial charge < -0.3 is 10.2 Å². The van der Waals surface area contributed by atoms with Gasteiger partial charge in [-0.15, -0.1) is 0 Å². The number of unbranched alkanes of at least 4 members (excludes halogenated alkanes) is 1. The van der Waals surface area contributed by atoms with Crippen LogP contribution in [0.3, 0.4) is 0 Å². The molecular weight excluding hydrogens is 398 g/mol. The predicted molar refractivity (Wildman–Crippen MR) is 131 cm³/mol. The van der Waals surface area contributed by atoms with Gasteiger partial charge in [-0.05, 0) is 43.5 Å². The van der Waals surface area contributed by atoms with Crippen LogP contribution in [0.5, 0.6) is 5.75 Å². The summed E-state index contributed by atoms with van der Waals surface area (Å²) < 4.78 is 7.30. The largest absolute Gasteiger partial charge is 0.494 e. The molecule has 0 aliphatic heterocycles. The lowest BCUT2D eigenvalue weighted by molar-refractivity contribution is 0.336. The van der Waals surface area contributed by atoms with Crippen molar-refractivity contribution >= 4 is 10.9 Å². The van der Waals surface area contributed by atoms with Crippen LogP contribution in [0.25, 0.3) is 22.3 Å². The molecule has 5 nitrogen and oxygen atoms in total. The van der Waals surface area contributed by atoms with E-state index in [0.717, 1.165) is 23.3 Å². The van der Waals surface area contributed by atoms with E-state index in [1.807, 2.05) is 67.6 Å². The molecule has 0 atom stereocenters. The van der Waals surface area contributed by atoms with Gasteiger partial charge in [0.05, 0.1) is 24.1 Å². The van der Waals surface area contributed by atoms with E-state index in [2.05, 4.69) is 24.5 Å². The first-order valence-electron chi connectivity index (χ1n) is 11.3. The molecule has 5 heteroatoms. The molecule has 0 amide bonds. The Morgan fingerprint density at radius 2 is 1.69 bits per heavy atom. The highest BCUT2D eigenvalue weighted by molar-refractivity contribution is 5.79. The van der Waals surface area contributed by atoms with Crippen LogP contribution in [0.15, 0.2) is 77.6 Å². The fourth-order valence-electron chi connectivity index (χ4n) is 3.78. The van der Waals surface area contributed by atoms with Crippen molar-refractivity contribution in [2.24, 2.45) is 0 Å². The molecule has 0 fully saturated rings. The maximum Gasteiger partial charge on any atom is 0.280 e. The Hall–Kier alpha value is -3.60. The maximum atomic E-state index is 13.4. The van der Waals surface area contributed by atoms with E-state index >= 15 is 0 Å². The second-order valence-electron chi connectivity index (χ2n) is 7.77. The molecule has 0 bridgehead atoms.